The van der Waals surface area contributed by atoms with E-state index in [4.69, 9.17) is 0 Å². The Labute approximate surface area is 96.8 Å². The molecule has 0 saturated carbocycles. The molecule has 6 heteroatoms. The van der Waals surface area contributed by atoms with Gasteiger partial charge in [0.2, 0.25) is 10.0 Å². The first kappa shape index (κ1) is 13.3. The lowest BCUT2D eigenvalue weighted by Gasteiger charge is -2.26. The number of hydrogen-bond acceptors (Lipinski definition) is 4. The Morgan fingerprint density at radius 2 is 2.27 bits per heavy atom. The van der Waals surface area contributed by atoms with Crippen molar-refractivity contribution in [2.24, 2.45) is 0 Å². The third-order valence-corrected chi connectivity index (χ3v) is 6.25. The molecule has 0 aromatic carbocycles. The second-order valence-electron chi connectivity index (χ2n) is 3.95. The molecule has 0 aromatic heterocycles. The third kappa shape index (κ3) is 3.09. The molecule has 1 aliphatic rings. The summed E-state index contributed by atoms with van der Waals surface area (Å²) in [4.78, 5) is 0. The summed E-state index contributed by atoms with van der Waals surface area (Å²) >= 11 is 1.83. The van der Waals surface area contributed by atoms with Crippen LogP contribution in [0.3, 0.4) is 0 Å². The van der Waals surface area contributed by atoms with Crippen LogP contribution in [0.5, 0.6) is 0 Å². The zero-order valence-corrected chi connectivity index (χ0v) is 11.2. The van der Waals surface area contributed by atoms with Gasteiger partial charge in [0, 0.05) is 25.4 Å². The van der Waals surface area contributed by atoms with E-state index in [0.717, 1.165) is 17.9 Å². The summed E-state index contributed by atoms with van der Waals surface area (Å²) in [7, 11) is 0.355. The van der Waals surface area contributed by atoms with Gasteiger partial charge in [0.1, 0.15) is 0 Å². The predicted molar refractivity (Wildman–Crippen MR) is 65.8 cm³/mol. The molecule has 0 radical (unpaired) electrons. The van der Waals surface area contributed by atoms with Crippen LogP contribution in [0, 0.1) is 0 Å². The number of nitrogens with one attached hydrogen (secondary N) is 1. The predicted octanol–water partition coefficient (Wildman–Crippen LogP) is 0.361. The van der Waals surface area contributed by atoms with Gasteiger partial charge >= 0.3 is 0 Å². The Hall–Kier alpha value is 0.220. The van der Waals surface area contributed by atoms with E-state index >= 15 is 0 Å². The quantitative estimate of drug-likeness (QED) is 0.768. The maximum Gasteiger partial charge on any atom is 0.217 e. The lowest BCUT2D eigenvalue weighted by atomic mass is 10.3. The van der Waals surface area contributed by atoms with Crippen molar-refractivity contribution < 1.29 is 8.42 Å². The van der Waals surface area contributed by atoms with Crippen LogP contribution < -0.4 is 5.32 Å². The number of sulfonamides is 1. The van der Waals surface area contributed by atoms with Gasteiger partial charge in [0.15, 0.2) is 0 Å². The summed E-state index contributed by atoms with van der Waals surface area (Å²) in [5.74, 6) is 2.01. The molecular formula is C9H20N2O2S2. The van der Waals surface area contributed by atoms with Crippen molar-refractivity contribution in [2.75, 3.05) is 32.1 Å². The highest BCUT2D eigenvalue weighted by Crippen LogP contribution is 2.24. The minimum atomic E-state index is -3.13. The smallest absolute Gasteiger partial charge is 0.217 e. The van der Waals surface area contributed by atoms with Crippen molar-refractivity contribution >= 4 is 21.8 Å². The summed E-state index contributed by atoms with van der Waals surface area (Å²) in [5, 5.41) is 2.56. The van der Waals surface area contributed by atoms with E-state index in [9.17, 15) is 8.42 Å². The largest absolute Gasteiger partial charge is 0.318 e. The topological polar surface area (TPSA) is 49.4 Å². The molecule has 1 fully saturated rings. The van der Waals surface area contributed by atoms with Crippen molar-refractivity contribution in [3.63, 3.8) is 0 Å². The Kier molecular flexibility index (Phi) is 4.89. The summed E-state index contributed by atoms with van der Waals surface area (Å²) in [6, 6.07) is 0.194. The van der Waals surface area contributed by atoms with E-state index < -0.39 is 10.0 Å². The first-order valence-corrected chi connectivity index (χ1v) is 7.85. The van der Waals surface area contributed by atoms with Crippen LogP contribution in [0.4, 0.5) is 0 Å². The van der Waals surface area contributed by atoms with Gasteiger partial charge < -0.3 is 5.32 Å². The van der Waals surface area contributed by atoms with Gasteiger partial charge in [0.25, 0.3) is 0 Å². The number of rotatable bonds is 5. The Morgan fingerprint density at radius 3 is 2.73 bits per heavy atom. The van der Waals surface area contributed by atoms with Gasteiger partial charge in [-0.3, -0.25) is 0 Å². The molecule has 2 unspecified atom stereocenters. The molecule has 1 rings (SSSR count). The molecule has 2 atom stereocenters. The fourth-order valence-electron chi connectivity index (χ4n) is 1.69. The lowest BCUT2D eigenvalue weighted by molar-refractivity contribution is 0.388. The SMILES string of the molecule is CNCC(C)S(=O)(=O)N(C)C1CCSC1. The Balaban J connectivity index is 2.67. The van der Waals surface area contributed by atoms with Crippen molar-refractivity contribution in [3.8, 4) is 0 Å². The number of nitrogens with zero attached hydrogens (tertiary/aromatic N) is 1. The van der Waals surface area contributed by atoms with Crippen LogP contribution in [0.2, 0.25) is 0 Å². The van der Waals surface area contributed by atoms with Gasteiger partial charge in [-0.2, -0.15) is 11.8 Å². The monoisotopic (exact) mass is 252 g/mol. The molecule has 1 N–H and O–H groups in total. The van der Waals surface area contributed by atoms with Gasteiger partial charge in [-0.25, -0.2) is 12.7 Å². The second-order valence-corrected chi connectivity index (χ2v) is 7.51. The highest BCUT2D eigenvalue weighted by molar-refractivity contribution is 7.99. The molecule has 0 aliphatic carbocycles. The van der Waals surface area contributed by atoms with Crippen molar-refractivity contribution in [2.45, 2.75) is 24.6 Å². The van der Waals surface area contributed by atoms with E-state index in [2.05, 4.69) is 5.32 Å². The van der Waals surface area contributed by atoms with Crippen LogP contribution in [0.1, 0.15) is 13.3 Å². The van der Waals surface area contributed by atoms with E-state index in [1.807, 2.05) is 11.8 Å². The van der Waals surface area contributed by atoms with Crippen molar-refractivity contribution in [3.05, 3.63) is 0 Å². The minimum Gasteiger partial charge on any atom is -0.318 e. The van der Waals surface area contributed by atoms with Gasteiger partial charge in [-0.05, 0) is 26.1 Å². The van der Waals surface area contributed by atoms with Crippen molar-refractivity contribution in [1.29, 1.82) is 0 Å². The van der Waals surface area contributed by atoms with Crippen LogP contribution in [-0.2, 0) is 10.0 Å². The molecule has 1 aliphatic heterocycles. The van der Waals surface area contributed by atoms with E-state index in [-0.39, 0.29) is 11.3 Å². The number of hydrogen-bond donors (Lipinski definition) is 1. The Bertz CT molecular complexity index is 286. The second kappa shape index (κ2) is 5.52. The molecule has 0 bridgehead atoms. The lowest BCUT2D eigenvalue weighted by Crippen LogP contribution is -2.44. The van der Waals surface area contributed by atoms with Crippen LogP contribution in [0.15, 0.2) is 0 Å². The van der Waals surface area contributed by atoms with Gasteiger partial charge in [-0.15, -0.1) is 0 Å². The minimum absolute atomic E-state index is 0.194. The van der Waals surface area contributed by atoms with E-state index in [1.54, 1.807) is 25.3 Å². The standard InChI is InChI=1S/C9H20N2O2S2/c1-8(6-10-2)15(12,13)11(3)9-4-5-14-7-9/h8-10H,4-7H2,1-3H3. The fourth-order valence-corrected chi connectivity index (χ4v) is 4.60. The molecule has 90 valence electrons. The summed E-state index contributed by atoms with van der Waals surface area (Å²) in [6.07, 6.45) is 0.979. The molecule has 4 nitrogen and oxygen atoms in total. The normalized spacial score (nSPS) is 24.7. The third-order valence-electron chi connectivity index (χ3n) is 2.82. The molecule has 1 saturated heterocycles. The summed E-state index contributed by atoms with van der Waals surface area (Å²) in [6.45, 7) is 2.26. The molecule has 0 aromatic rings. The van der Waals surface area contributed by atoms with Gasteiger partial charge in [0.05, 0.1) is 5.25 Å². The first-order chi connectivity index (χ1) is 7.00. The fraction of sp³-hybridized carbons (Fsp3) is 1.00. The zero-order chi connectivity index (χ0) is 11.5. The zero-order valence-electron chi connectivity index (χ0n) is 9.56. The molecule has 1 heterocycles. The van der Waals surface area contributed by atoms with Crippen LogP contribution in [0.25, 0.3) is 0 Å². The van der Waals surface area contributed by atoms with Crippen LogP contribution >= 0.6 is 11.8 Å². The molecule has 15 heavy (non-hydrogen) atoms. The highest BCUT2D eigenvalue weighted by atomic mass is 32.2. The van der Waals surface area contributed by atoms with Crippen LogP contribution in [-0.4, -0.2) is 56.2 Å². The van der Waals surface area contributed by atoms with E-state index in [0.29, 0.717) is 6.54 Å². The molecule has 0 amide bonds. The molecule has 0 spiro atoms. The number of thioether (sulfide) groups is 1. The molecular weight excluding hydrogens is 232 g/mol. The van der Waals surface area contributed by atoms with Gasteiger partial charge in [-0.1, -0.05) is 0 Å². The summed E-state index contributed by atoms with van der Waals surface area (Å²) < 4.78 is 25.7. The summed E-state index contributed by atoms with van der Waals surface area (Å²) in [5.41, 5.74) is 0. The van der Waals surface area contributed by atoms with E-state index in [1.165, 1.54) is 0 Å². The highest BCUT2D eigenvalue weighted by Gasteiger charge is 2.32. The average molecular weight is 252 g/mol. The first-order valence-electron chi connectivity index (χ1n) is 5.19. The average Bonchev–Trinajstić information content (AvgIpc) is 2.69. The van der Waals surface area contributed by atoms with Crippen molar-refractivity contribution in [1.82, 2.24) is 9.62 Å². The Morgan fingerprint density at radius 1 is 1.60 bits per heavy atom. The maximum absolute atomic E-state index is 12.1. The maximum atomic E-state index is 12.1.